The van der Waals surface area contributed by atoms with Crippen LogP contribution in [0.1, 0.15) is 24.8 Å². The van der Waals surface area contributed by atoms with Crippen LogP contribution in [-0.4, -0.2) is 46.4 Å². The fraction of sp³-hybridized carbons (Fsp3) is 0.769. The Morgan fingerprint density at radius 2 is 2.44 bits per heavy atom. The highest BCUT2D eigenvalue weighted by Crippen LogP contribution is 2.46. The molecule has 2 fully saturated rings. The van der Waals surface area contributed by atoms with Crippen LogP contribution in [0.15, 0.2) is 10.6 Å². The Kier molecular flexibility index (Phi) is 3.38. The minimum atomic E-state index is 0.457. The van der Waals surface area contributed by atoms with Gasteiger partial charge in [-0.2, -0.15) is 0 Å². The average molecular weight is 268 g/mol. The molecule has 0 N–H and O–H groups in total. The lowest BCUT2D eigenvalue weighted by molar-refractivity contribution is 0.0411. The van der Waals surface area contributed by atoms with E-state index in [0.29, 0.717) is 10.9 Å². The predicted molar refractivity (Wildman–Crippen MR) is 71.7 cm³/mol. The van der Waals surface area contributed by atoms with Crippen LogP contribution in [-0.2, 0) is 11.3 Å². The zero-order chi connectivity index (χ0) is 12.6. The molecule has 0 amide bonds. The van der Waals surface area contributed by atoms with Crippen molar-refractivity contribution in [2.45, 2.75) is 37.7 Å². The van der Waals surface area contributed by atoms with Crippen molar-refractivity contribution in [1.29, 1.82) is 0 Å². The molecule has 0 unspecified atom stereocenters. The molecule has 2 aliphatic heterocycles. The van der Waals surface area contributed by atoms with Gasteiger partial charge in [0.2, 0.25) is 0 Å². The van der Waals surface area contributed by atoms with E-state index in [9.17, 15) is 0 Å². The SMILES string of the molecule is CCO[C@H]1CSC2(C1)CN(Cc1cc(C)on1)C2. The Morgan fingerprint density at radius 1 is 1.61 bits per heavy atom. The van der Waals surface area contributed by atoms with Crippen molar-refractivity contribution in [3.8, 4) is 0 Å². The van der Waals surface area contributed by atoms with Gasteiger partial charge in [0.25, 0.3) is 0 Å². The molecule has 3 rings (SSSR count). The summed E-state index contributed by atoms with van der Waals surface area (Å²) in [5, 5.41) is 4.05. The average Bonchev–Trinajstić information content (AvgIpc) is 2.86. The fourth-order valence-corrected chi connectivity index (χ4v) is 4.57. The molecule has 3 heterocycles. The van der Waals surface area contributed by atoms with Gasteiger partial charge in [-0.1, -0.05) is 5.16 Å². The molecule has 2 saturated heterocycles. The Bertz CT molecular complexity index is 415. The number of hydrogen-bond donors (Lipinski definition) is 0. The van der Waals surface area contributed by atoms with Crippen LogP contribution in [0.4, 0.5) is 0 Å². The van der Waals surface area contributed by atoms with Crippen molar-refractivity contribution in [2.24, 2.45) is 0 Å². The van der Waals surface area contributed by atoms with Crippen LogP contribution in [0.2, 0.25) is 0 Å². The summed E-state index contributed by atoms with van der Waals surface area (Å²) in [7, 11) is 0. The van der Waals surface area contributed by atoms with Gasteiger partial charge in [0.05, 0.1) is 11.8 Å². The van der Waals surface area contributed by atoms with E-state index in [4.69, 9.17) is 9.26 Å². The van der Waals surface area contributed by atoms with Crippen LogP contribution in [0.5, 0.6) is 0 Å². The van der Waals surface area contributed by atoms with Gasteiger partial charge in [-0.3, -0.25) is 4.90 Å². The highest BCUT2D eigenvalue weighted by molar-refractivity contribution is 8.01. The lowest BCUT2D eigenvalue weighted by Crippen LogP contribution is -2.58. The lowest BCUT2D eigenvalue weighted by Gasteiger charge is -2.47. The number of aromatic nitrogens is 1. The van der Waals surface area contributed by atoms with E-state index in [1.165, 1.54) is 6.42 Å². The summed E-state index contributed by atoms with van der Waals surface area (Å²) < 4.78 is 11.3. The van der Waals surface area contributed by atoms with Crippen molar-refractivity contribution in [3.63, 3.8) is 0 Å². The van der Waals surface area contributed by atoms with E-state index in [0.717, 1.165) is 43.4 Å². The maximum absolute atomic E-state index is 5.72. The maximum atomic E-state index is 5.72. The normalized spacial score (nSPS) is 26.7. The standard InChI is InChI=1S/C13H20N2O2S/c1-3-16-12-5-13(18-7-12)8-15(9-13)6-11-4-10(2)17-14-11/h4,12H,3,5-9H2,1-2H3/t12-/m1/s1. The summed E-state index contributed by atoms with van der Waals surface area (Å²) in [6, 6.07) is 2.02. The first-order chi connectivity index (χ1) is 8.69. The monoisotopic (exact) mass is 268 g/mol. The van der Waals surface area contributed by atoms with Gasteiger partial charge in [0.1, 0.15) is 5.76 Å². The second-order valence-electron chi connectivity index (χ2n) is 5.35. The lowest BCUT2D eigenvalue weighted by atomic mass is 9.93. The molecular formula is C13H20N2O2S. The summed E-state index contributed by atoms with van der Waals surface area (Å²) in [5.41, 5.74) is 1.05. The van der Waals surface area contributed by atoms with Gasteiger partial charge >= 0.3 is 0 Å². The summed E-state index contributed by atoms with van der Waals surface area (Å²) in [4.78, 5) is 2.44. The number of rotatable bonds is 4. The Labute approximate surface area is 112 Å². The van der Waals surface area contributed by atoms with Crippen molar-refractivity contribution in [2.75, 3.05) is 25.4 Å². The van der Waals surface area contributed by atoms with Crippen LogP contribution in [0.3, 0.4) is 0 Å². The number of hydrogen-bond acceptors (Lipinski definition) is 5. The minimum absolute atomic E-state index is 0.457. The van der Waals surface area contributed by atoms with E-state index < -0.39 is 0 Å². The second-order valence-corrected chi connectivity index (χ2v) is 6.84. The molecule has 0 aromatic carbocycles. The number of aryl methyl sites for hydroxylation is 1. The molecule has 0 bridgehead atoms. The van der Waals surface area contributed by atoms with Crippen molar-refractivity contribution in [1.82, 2.24) is 10.1 Å². The largest absolute Gasteiger partial charge is 0.378 e. The summed E-state index contributed by atoms with van der Waals surface area (Å²) >= 11 is 2.09. The molecule has 1 aromatic rings. The van der Waals surface area contributed by atoms with E-state index in [1.54, 1.807) is 0 Å². The molecule has 2 aliphatic rings. The third-order valence-corrected chi connectivity index (χ3v) is 5.24. The number of ether oxygens (including phenoxy) is 1. The summed E-state index contributed by atoms with van der Waals surface area (Å²) in [6.07, 6.45) is 1.68. The third kappa shape index (κ3) is 2.44. The van der Waals surface area contributed by atoms with Gasteiger partial charge < -0.3 is 9.26 Å². The first-order valence-electron chi connectivity index (χ1n) is 6.59. The number of nitrogens with zero attached hydrogens (tertiary/aromatic N) is 2. The highest BCUT2D eigenvalue weighted by atomic mass is 32.2. The van der Waals surface area contributed by atoms with E-state index in [-0.39, 0.29) is 0 Å². The van der Waals surface area contributed by atoms with Gasteiger partial charge in [-0.15, -0.1) is 11.8 Å². The molecule has 1 aromatic heterocycles. The van der Waals surface area contributed by atoms with E-state index in [2.05, 4.69) is 28.7 Å². The zero-order valence-corrected chi connectivity index (χ0v) is 11.8. The molecule has 4 nitrogen and oxygen atoms in total. The van der Waals surface area contributed by atoms with E-state index in [1.807, 2.05) is 13.0 Å². The zero-order valence-electron chi connectivity index (χ0n) is 11.0. The summed E-state index contributed by atoms with van der Waals surface area (Å²) in [6.45, 7) is 8.09. The molecule has 0 aliphatic carbocycles. The quantitative estimate of drug-likeness (QED) is 0.836. The Balaban J connectivity index is 1.48. The molecule has 0 radical (unpaired) electrons. The highest BCUT2D eigenvalue weighted by Gasteiger charge is 2.49. The third-order valence-electron chi connectivity index (χ3n) is 3.66. The van der Waals surface area contributed by atoms with Crippen LogP contribution < -0.4 is 0 Å². The molecule has 100 valence electrons. The van der Waals surface area contributed by atoms with Gasteiger partial charge in [0.15, 0.2) is 0 Å². The van der Waals surface area contributed by atoms with Crippen LogP contribution >= 0.6 is 11.8 Å². The van der Waals surface area contributed by atoms with Crippen LogP contribution in [0.25, 0.3) is 0 Å². The maximum Gasteiger partial charge on any atom is 0.133 e. The molecular weight excluding hydrogens is 248 g/mol. The predicted octanol–water partition coefficient (Wildman–Crippen LogP) is 2.08. The number of likely N-dealkylation sites (tertiary alicyclic amines) is 1. The molecule has 5 heteroatoms. The van der Waals surface area contributed by atoms with Crippen LogP contribution in [0, 0.1) is 6.92 Å². The van der Waals surface area contributed by atoms with Gasteiger partial charge in [-0.25, -0.2) is 0 Å². The molecule has 18 heavy (non-hydrogen) atoms. The first-order valence-corrected chi connectivity index (χ1v) is 7.58. The van der Waals surface area contributed by atoms with Crippen molar-refractivity contribution >= 4 is 11.8 Å². The van der Waals surface area contributed by atoms with Crippen molar-refractivity contribution in [3.05, 3.63) is 17.5 Å². The smallest absolute Gasteiger partial charge is 0.133 e. The minimum Gasteiger partial charge on any atom is -0.378 e. The second kappa shape index (κ2) is 4.87. The first kappa shape index (κ1) is 12.5. The number of thioether (sulfide) groups is 1. The molecule has 1 spiro atoms. The van der Waals surface area contributed by atoms with E-state index >= 15 is 0 Å². The molecule has 1 atom stereocenters. The Hall–Kier alpha value is -0.520. The van der Waals surface area contributed by atoms with Gasteiger partial charge in [0, 0.05) is 42.8 Å². The fourth-order valence-electron chi connectivity index (χ4n) is 2.97. The summed E-state index contributed by atoms with van der Waals surface area (Å²) in [5.74, 6) is 2.05. The topological polar surface area (TPSA) is 38.5 Å². The van der Waals surface area contributed by atoms with Gasteiger partial charge in [-0.05, 0) is 20.3 Å². The molecule has 0 saturated carbocycles. The Morgan fingerprint density at radius 3 is 3.11 bits per heavy atom. The van der Waals surface area contributed by atoms with Crippen molar-refractivity contribution < 1.29 is 9.26 Å².